The lowest BCUT2D eigenvalue weighted by Crippen LogP contribution is -2.35. The van der Waals surface area contributed by atoms with E-state index in [-0.39, 0.29) is 6.61 Å². The van der Waals surface area contributed by atoms with Crippen LogP contribution in [0.1, 0.15) is 18.4 Å². The van der Waals surface area contributed by atoms with Gasteiger partial charge in [-0.15, -0.1) is 0 Å². The quantitative estimate of drug-likeness (QED) is 0.877. The molecular formula is C13H15ClN2O. The van der Waals surface area contributed by atoms with Crippen LogP contribution >= 0.6 is 11.6 Å². The summed E-state index contributed by atoms with van der Waals surface area (Å²) in [5, 5.41) is 18.7. The monoisotopic (exact) mass is 250 g/mol. The van der Waals surface area contributed by atoms with E-state index in [0.717, 1.165) is 31.6 Å². The minimum absolute atomic E-state index is 0.258. The molecule has 3 nitrogen and oxygen atoms in total. The fourth-order valence-corrected chi connectivity index (χ4v) is 2.46. The maximum absolute atomic E-state index is 9.13. The third-order valence-corrected chi connectivity index (χ3v) is 3.63. The maximum Gasteiger partial charge on any atom is 0.103 e. The van der Waals surface area contributed by atoms with Crippen LogP contribution in [-0.2, 0) is 0 Å². The normalized spacial score (nSPS) is 16.9. The second kappa shape index (κ2) is 5.39. The van der Waals surface area contributed by atoms with E-state index in [0.29, 0.717) is 16.5 Å². The van der Waals surface area contributed by atoms with Crippen molar-refractivity contribution in [3.05, 3.63) is 28.8 Å². The van der Waals surface area contributed by atoms with E-state index in [1.807, 2.05) is 12.1 Å². The van der Waals surface area contributed by atoms with Crippen LogP contribution in [0, 0.1) is 17.2 Å². The fraction of sp³-hybridized carbons (Fsp3) is 0.462. The molecule has 1 saturated heterocycles. The summed E-state index contributed by atoms with van der Waals surface area (Å²) in [7, 11) is 0. The first-order chi connectivity index (χ1) is 8.26. The van der Waals surface area contributed by atoms with Gasteiger partial charge in [0.05, 0.1) is 16.3 Å². The third kappa shape index (κ3) is 2.54. The molecule has 0 unspecified atom stereocenters. The zero-order valence-electron chi connectivity index (χ0n) is 9.56. The Bertz CT molecular complexity index is 434. The molecule has 1 aromatic carbocycles. The lowest BCUT2D eigenvalue weighted by atomic mass is 9.97. The summed E-state index contributed by atoms with van der Waals surface area (Å²) in [6.45, 7) is 2.01. The average molecular weight is 251 g/mol. The molecule has 90 valence electrons. The van der Waals surface area contributed by atoms with E-state index in [4.69, 9.17) is 22.0 Å². The highest BCUT2D eigenvalue weighted by Gasteiger charge is 2.21. The first kappa shape index (κ1) is 12.2. The number of rotatable bonds is 2. The lowest BCUT2D eigenvalue weighted by Gasteiger charge is -2.33. The van der Waals surface area contributed by atoms with Gasteiger partial charge in [-0.05, 0) is 30.9 Å². The van der Waals surface area contributed by atoms with Gasteiger partial charge in [-0.25, -0.2) is 0 Å². The number of anilines is 1. The number of aliphatic hydroxyl groups is 1. The van der Waals surface area contributed by atoms with Gasteiger partial charge in [0.15, 0.2) is 0 Å². The predicted molar refractivity (Wildman–Crippen MR) is 68.2 cm³/mol. The van der Waals surface area contributed by atoms with Gasteiger partial charge in [0.25, 0.3) is 0 Å². The zero-order chi connectivity index (χ0) is 12.3. The Balaban J connectivity index is 2.19. The van der Waals surface area contributed by atoms with Crippen LogP contribution in [0.2, 0.25) is 5.02 Å². The van der Waals surface area contributed by atoms with Gasteiger partial charge >= 0.3 is 0 Å². The van der Waals surface area contributed by atoms with Crippen LogP contribution in [-0.4, -0.2) is 24.8 Å². The van der Waals surface area contributed by atoms with Crippen molar-refractivity contribution < 1.29 is 5.11 Å². The molecule has 0 atom stereocenters. The largest absolute Gasteiger partial charge is 0.396 e. The van der Waals surface area contributed by atoms with Crippen molar-refractivity contribution in [1.29, 1.82) is 5.26 Å². The van der Waals surface area contributed by atoms with Crippen molar-refractivity contribution in [2.24, 2.45) is 5.92 Å². The number of hydrogen-bond acceptors (Lipinski definition) is 3. The van der Waals surface area contributed by atoms with Crippen molar-refractivity contribution in [3.63, 3.8) is 0 Å². The van der Waals surface area contributed by atoms with Crippen molar-refractivity contribution in [2.45, 2.75) is 12.8 Å². The summed E-state index contributed by atoms with van der Waals surface area (Å²) in [6, 6.07) is 7.71. The van der Waals surface area contributed by atoms with Gasteiger partial charge in [0, 0.05) is 19.7 Å². The number of nitrogens with zero attached hydrogens (tertiary/aromatic N) is 2. The Morgan fingerprint density at radius 2 is 2.12 bits per heavy atom. The number of nitriles is 1. The number of halogens is 1. The minimum atomic E-state index is 0.258. The van der Waals surface area contributed by atoms with Crippen LogP contribution in [0.4, 0.5) is 5.69 Å². The molecule has 17 heavy (non-hydrogen) atoms. The molecule has 0 saturated carbocycles. The fourth-order valence-electron chi connectivity index (χ4n) is 2.24. The van der Waals surface area contributed by atoms with Crippen molar-refractivity contribution in [3.8, 4) is 6.07 Å². The van der Waals surface area contributed by atoms with Gasteiger partial charge in [0.1, 0.15) is 6.07 Å². The smallest absolute Gasteiger partial charge is 0.103 e. The molecule has 1 N–H and O–H groups in total. The Morgan fingerprint density at radius 3 is 2.71 bits per heavy atom. The van der Waals surface area contributed by atoms with Crippen molar-refractivity contribution in [2.75, 3.05) is 24.6 Å². The molecule has 0 spiro atoms. The average Bonchev–Trinajstić information content (AvgIpc) is 2.38. The van der Waals surface area contributed by atoms with Crippen LogP contribution in [0.25, 0.3) is 0 Å². The molecule has 1 aliphatic heterocycles. The molecule has 0 radical (unpaired) electrons. The highest BCUT2D eigenvalue weighted by molar-refractivity contribution is 6.32. The molecule has 0 aromatic heterocycles. The summed E-state index contributed by atoms with van der Waals surface area (Å²) in [5.74, 6) is 0.399. The summed E-state index contributed by atoms with van der Waals surface area (Å²) in [4.78, 5) is 2.18. The molecule has 1 aliphatic rings. The van der Waals surface area contributed by atoms with Gasteiger partial charge < -0.3 is 10.0 Å². The number of aliphatic hydroxyl groups excluding tert-OH is 1. The number of benzene rings is 1. The molecule has 1 heterocycles. The molecule has 0 aliphatic carbocycles. The van der Waals surface area contributed by atoms with E-state index < -0.39 is 0 Å². The second-order valence-corrected chi connectivity index (χ2v) is 4.77. The van der Waals surface area contributed by atoms with Crippen molar-refractivity contribution >= 4 is 17.3 Å². The molecule has 1 fully saturated rings. The van der Waals surface area contributed by atoms with Crippen molar-refractivity contribution in [1.82, 2.24) is 0 Å². The lowest BCUT2D eigenvalue weighted by molar-refractivity contribution is 0.203. The topological polar surface area (TPSA) is 47.3 Å². The number of hydrogen-bond donors (Lipinski definition) is 1. The van der Waals surface area contributed by atoms with Gasteiger partial charge in [-0.2, -0.15) is 5.26 Å². The Hall–Kier alpha value is -1.24. The highest BCUT2D eigenvalue weighted by atomic mass is 35.5. The second-order valence-electron chi connectivity index (χ2n) is 4.36. The van der Waals surface area contributed by atoms with Crippen LogP contribution in [0.3, 0.4) is 0 Å². The Labute approximate surface area is 106 Å². The summed E-state index contributed by atoms with van der Waals surface area (Å²) < 4.78 is 0. The molecule has 1 aromatic rings. The zero-order valence-corrected chi connectivity index (χ0v) is 10.3. The van der Waals surface area contributed by atoms with E-state index in [1.165, 1.54) is 0 Å². The SMILES string of the molecule is N#Cc1c(Cl)cccc1N1CCC(CO)CC1. The van der Waals surface area contributed by atoms with E-state index in [1.54, 1.807) is 6.07 Å². The molecular weight excluding hydrogens is 236 g/mol. The van der Waals surface area contributed by atoms with Crippen LogP contribution in [0.15, 0.2) is 18.2 Å². The summed E-state index contributed by atoms with van der Waals surface area (Å²) >= 11 is 6.02. The molecule has 4 heteroatoms. The summed E-state index contributed by atoms with van der Waals surface area (Å²) in [6.07, 6.45) is 1.93. The van der Waals surface area contributed by atoms with Crippen LogP contribution < -0.4 is 4.90 Å². The van der Waals surface area contributed by atoms with E-state index >= 15 is 0 Å². The predicted octanol–water partition coefficient (Wildman–Crippen LogP) is 2.42. The Morgan fingerprint density at radius 1 is 1.41 bits per heavy atom. The molecule has 0 amide bonds. The van der Waals surface area contributed by atoms with Gasteiger partial charge in [0.2, 0.25) is 0 Å². The van der Waals surface area contributed by atoms with Gasteiger partial charge in [-0.1, -0.05) is 17.7 Å². The van der Waals surface area contributed by atoms with Crippen LogP contribution in [0.5, 0.6) is 0 Å². The third-order valence-electron chi connectivity index (χ3n) is 3.32. The highest BCUT2D eigenvalue weighted by Crippen LogP contribution is 2.29. The van der Waals surface area contributed by atoms with E-state index in [2.05, 4.69) is 11.0 Å². The molecule has 0 bridgehead atoms. The van der Waals surface area contributed by atoms with Gasteiger partial charge in [-0.3, -0.25) is 0 Å². The first-order valence-corrected chi connectivity index (χ1v) is 6.18. The first-order valence-electron chi connectivity index (χ1n) is 5.80. The standard InChI is InChI=1S/C13H15ClN2O/c14-12-2-1-3-13(11(12)8-15)16-6-4-10(9-17)5-7-16/h1-3,10,17H,4-7,9H2. The summed E-state index contributed by atoms with van der Waals surface area (Å²) in [5.41, 5.74) is 1.47. The minimum Gasteiger partial charge on any atom is -0.396 e. The number of piperidine rings is 1. The van der Waals surface area contributed by atoms with E-state index in [9.17, 15) is 0 Å². The Kier molecular flexibility index (Phi) is 3.88. The maximum atomic E-state index is 9.13. The molecule has 2 rings (SSSR count).